The van der Waals surface area contributed by atoms with E-state index in [1.165, 1.54) is 89.9 Å². The molecule has 2 bridgehead atoms. The number of unbranched alkanes of at least 4 members (excludes halogenated alkanes) is 15. The molecule has 1 atom stereocenters. The second-order valence-corrected chi connectivity index (χ2v) is 23.6. The van der Waals surface area contributed by atoms with Gasteiger partial charge in [0.1, 0.15) is 11.6 Å². The summed E-state index contributed by atoms with van der Waals surface area (Å²) in [7, 11) is 1.67. The zero-order valence-electron chi connectivity index (χ0n) is 46.1. The fraction of sp³-hybridized carbons (Fsp3) is 0.689. The van der Waals surface area contributed by atoms with Crippen molar-refractivity contribution in [1.29, 1.82) is 0 Å². The normalized spacial score (nSPS) is 19.3. The number of fused-ring (bicyclic) bond motifs is 3. The molecule has 0 unspecified atom stereocenters. The molecule has 2 N–H and O–H groups in total. The van der Waals surface area contributed by atoms with Gasteiger partial charge in [-0.2, -0.15) is 0 Å². The number of aromatic nitrogens is 2. The summed E-state index contributed by atoms with van der Waals surface area (Å²) in [6, 6.07) is 15.6. The monoisotopic (exact) mass is 1020 g/mol. The molecule has 3 aromatic rings. The van der Waals surface area contributed by atoms with Crippen LogP contribution in [-0.2, 0) is 9.59 Å². The number of piperidine rings is 1. The molecule has 5 aliphatic rings. The molecule has 13 heteroatoms. The summed E-state index contributed by atoms with van der Waals surface area (Å²) in [6.45, 7) is 17.7. The average molecular weight is 1020 g/mol. The van der Waals surface area contributed by atoms with Gasteiger partial charge >= 0.3 is 5.97 Å². The molecule has 408 valence electrons. The summed E-state index contributed by atoms with van der Waals surface area (Å²) in [5, 5.41) is 12.7. The van der Waals surface area contributed by atoms with E-state index in [0.29, 0.717) is 48.8 Å². The van der Waals surface area contributed by atoms with E-state index in [2.05, 4.69) is 33.9 Å². The van der Waals surface area contributed by atoms with Crippen molar-refractivity contribution < 1.29 is 33.4 Å². The van der Waals surface area contributed by atoms with Crippen molar-refractivity contribution in [2.24, 2.45) is 17.3 Å². The second kappa shape index (κ2) is 29.0. The Morgan fingerprint density at radius 2 is 1.42 bits per heavy atom. The topological polar surface area (TPSA) is 137 Å². The number of ether oxygens (including phenoxy) is 2. The summed E-state index contributed by atoms with van der Waals surface area (Å²) >= 11 is 0. The standard InChI is InChI=1S/C61H93N7O6/c1-48-22-21-23-56(64-48)67(47-61(2,3)31-19-17-15-13-11-9-7-5-6-8-10-12-14-16-18-20-32-62-57(69)45-68-39-36-65(37-40-68)38-41-68)60(72)53-27-26-52(73-4)43-55(53)66-34-29-49(30-35-66)46-74-58-42-51(28-33-63-58)54(44-59(70)71)50-24-25-50/h21-23,26-28,33,42-43,49-50,54H,5-20,24-25,29-32,34-41,44-47H2,1-4H3,(H-,62,69,70,71)/p+1/t54-/m0/s1. The Bertz CT molecular complexity index is 2190. The molecule has 1 aliphatic carbocycles. The van der Waals surface area contributed by atoms with Gasteiger partial charge in [0.2, 0.25) is 5.88 Å². The number of nitrogens with one attached hydrogen (secondary N) is 1. The van der Waals surface area contributed by atoms with Crippen LogP contribution in [0.15, 0.2) is 54.7 Å². The number of pyridine rings is 2. The lowest BCUT2D eigenvalue weighted by Crippen LogP contribution is -2.69. The zero-order chi connectivity index (χ0) is 52.2. The fourth-order valence-corrected chi connectivity index (χ4v) is 12.0. The number of carbonyl (C=O) groups is 3. The van der Waals surface area contributed by atoms with Gasteiger partial charge in [0, 0.05) is 69.8 Å². The molecule has 4 saturated heterocycles. The minimum atomic E-state index is -0.769. The van der Waals surface area contributed by atoms with E-state index in [-0.39, 0.29) is 29.6 Å². The van der Waals surface area contributed by atoms with Gasteiger partial charge in [-0.1, -0.05) is 116 Å². The Morgan fingerprint density at radius 1 is 0.797 bits per heavy atom. The van der Waals surface area contributed by atoms with E-state index in [1.54, 1.807) is 13.3 Å². The van der Waals surface area contributed by atoms with Gasteiger partial charge in [0.05, 0.1) is 51.0 Å². The van der Waals surface area contributed by atoms with Crippen LogP contribution in [0.25, 0.3) is 0 Å². The van der Waals surface area contributed by atoms with E-state index < -0.39 is 5.97 Å². The predicted molar refractivity (Wildman–Crippen MR) is 297 cm³/mol. The molecule has 0 spiro atoms. The lowest BCUT2D eigenvalue weighted by atomic mass is 9.85. The number of hydrogen-bond acceptors (Lipinski definition) is 9. The fourth-order valence-electron chi connectivity index (χ4n) is 12.0. The molecule has 1 aromatic carbocycles. The van der Waals surface area contributed by atoms with Crippen molar-refractivity contribution in [2.75, 3.05) is 95.5 Å². The van der Waals surface area contributed by atoms with Gasteiger partial charge in [0.25, 0.3) is 11.8 Å². The smallest absolute Gasteiger partial charge is 0.303 e. The van der Waals surface area contributed by atoms with Crippen LogP contribution < -0.4 is 24.6 Å². The van der Waals surface area contributed by atoms with Gasteiger partial charge in [-0.15, -0.1) is 0 Å². The molecule has 5 fully saturated rings. The summed E-state index contributed by atoms with van der Waals surface area (Å²) < 4.78 is 13.0. The van der Waals surface area contributed by atoms with Gasteiger partial charge in [-0.05, 0) is 105 Å². The highest BCUT2D eigenvalue weighted by Crippen LogP contribution is 2.45. The summed E-state index contributed by atoms with van der Waals surface area (Å²) in [6.07, 6.45) is 27.5. The van der Waals surface area contributed by atoms with E-state index in [0.717, 1.165) is 131 Å². The summed E-state index contributed by atoms with van der Waals surface area (Å²) in [5.41, 5.74) is 3.31. The number of anilines is 2. The third kappa shape index (κ3) is 18.2. The molecule has 0 radical (unpaired) electrons. The molecular formula is C61H94N7O6+. The van der Waals surface area contributed by atoms with E-state index in [9.17, 15) is 19.5 Å². The third-order valence-corrected chi connectivity index (χ3v) is 16.9. The lowest BCUT2D eigenvalue weighted by molar-refractivity contribution is -0.933. The first-order valence-electron chi connectivity index (χ1n) is 29.2. The maximum absolute atomic E-state index is 15.0. The van der Waals surface area contributed by atoms with Crippen molar-refractivity contribution in [1.82, 2.24) is 20.2 Å². The largest absolute Gasteiger partial charge is 0.497 e. The molecule has 2 amide bonds. The van der Waals surface area contributed by atoms with Crippen LogP contribution in [0.4, 0.5) is 11.5 Å². The maximum atomic E-state index is 15.0. The molecule has 13 nitrogen and oxygen atoms in total. The van der Waals surface area contributed by atoms with Crippen LogP contribution >= 0.6 is 0 Å². The predicted octanol–water partition coefficient (Wildman–Crippen LogP) is 11.6. The number of aryl methyl sites for hydroxylation is 1. The van der Waals surface area contributed by atoms with Crippen LogP contribution in [0.5, 0.6) is 11.6 Å². The number of carbonyl (C=O) groups excluding carboxylic acids is 2. The number of aliphatic carboxylic acids is 1. The Morgan fingerprint density at radius 3 is 2.01 bits per heavy atom. The second-order valence-electron chi connectivity index (χ2n) is 23.6. The first-order valence-corrected chi connectivity index (χ1v) is 29.2. The number of quaternary nitrogens is 1. The van der Waals surface area contributed by atoms with Crippen molar-refractivity contribution in [3.05, 3.63) is 71.5 Å². The minimum Gasteiger partial charge on any atom is -0.497 e. The van der Waals surface area contributed by atoms with Crippen LogP contribution in [0.3, 0.4) is 0 Å². The third-order valence-electron chi connectivity index (χ3n) is 16.9. The Hall–Kier alpha value is -4.75. The highest BCUT2D eigenvalue weighted by atomic mass is 16.5. The quantitative estimate of drug-likeness (QED) is 0.0439. The van der Waals surface area contributed by atoms with E-state index in [1.807, 2.05) is 60.4 Å². The highest BCUT2D eigenvalue weighted by molar-refractivity contribution is 6.09. The molecular weight excluding hydrogens is 927 g/mol. The molecule has 4 aliphatic heterocycles. The average Bonchev–Trinajstić information content (AvgIpc) is 4.26. The molecule has 8 rings (SSSR count). The Balaban J connectivity index is 0.769. The van der Waals surface area contributed by atoms with Gasteiger partial charge in [-0.3, -0.25) is 24.2 Å². The first kappa shape index (κ1) is 57.0. The van der Waals surface area contributed by atoms with Gasteiger partial charge < -0.3 is 29.3 Å². The SMILES string of the molecule is COc1ccc(C(=O)N(CC(C)(C)CCCCCCCCCCCCCCCCCCNC(=O)C[N+]23CCN(CC2)CC3)c2cccc(C)n2)c(N2CCC(COc3cc([C@@H](CC(=O)O)C4CC4)ccn3)CC2)c1. The van der Waals surface area contributed by atoms with Crippen molar-refractivity contribution in [3.8, 4) is 11.6 Å². The maximum Gasteiger partial charge on any atom is 0.303 e. The number of amides is 2. The number of nitrogens with zero attached hydrogens (tertiary/aromatic N) is 6. The number of piperazine rings is 3. The number of rotatable bonds is 34. The Kier molecular flexibility index (Phi) is 22.3. The number of hydrogen-bond donors (Lipinski definition) is 2. The number of methoxy groups -OCH3 is 1. The van der Waals surface area contributed by atoms with Crippen LogP contribution in [0, 0.1) is 24.2 Å². The zero-order valence-corrected chi connectivity index (χ0v) is 46.1. The Labute approximate surface area is 445 Å². The van der Waals surface area contributed by atoms with E-state index >= 15 is 0 Å². The van der Waals surface area contributed by atoms with Crippen LogP contribution in [0.1, 0.15) is 183 Å². The lowest BCUT2D eigenvalue weighted by Gasteiger charge is -2.50. The minimum absolute atomic E-state index is 0.00141. The van der Waals surface area contributed by atoms with Crippen molar-refractivity contribution >= 4 is 29.3 Å². The van der Waals surface area contributed by atoms with Crippen molar-refractivity contribution in [2.45, 2.75) is 168 Å². The number of carboxylic acids is 1. The molecule has 74 heavy (non-hydrogen) atoms. The van der Waals surface area contributed by atoms with Crippen molar-refractivity contribution in [3.63, 3.8) is 0 Å². The molecule has 2 aromatic heterocycles. The molecule has 6 heterocycles. The summed E-state index contributed by atoms with van der Waals surface area (Å²) in [5.74, 6) is 2.15. The van der Waals surface area contributed by atoms with Crippen LogP contribution in [-0.4, -0.2) is 128 Å². The van der Waals surface area contributed by atoms with Crippen LogP contribution in [0.2, 0.25) is 0 Å². The molecule has 1 saturated carbocycles. The number of carboxylic acid groups (broad SMARTS) is 1. The first-order chi connectivity index (χ1) is 35.9. The van der Waals surface area contributed by atoms with Gasteiger partial charge in [-0.25, -0.2) is 9.97 Å². The number of benzene rings is 1. The highest BCUT2D eigenvalue weighted by Gasteiger charge is 2.40. The summed E-state index contributed by atoms with van der Waals surface area (Å²) in [4.78, 5) is 55.2. The van der Waals surface area contributed by atoms with Gasteiger partial charge in [0.15, 0.2) is 6.54 Å². The van der Waals surface area contributed by atoms with E-state index in [4.69, 9.17) is 14.5 Å².